The molecule has 3 rings (SSSR count). The van der Waals surface area contributed by atoms with Gasteiger partial charge in [0.25, 0.3) is 0 Å². The highest BCUT2D eigenvalue weighted by Gasteiger charge is 2.31. The fourth-order valence-electron chi connectivity index (χ4n) is 3.26. The van der Waals surface area contributed by atoms with Crippen LogP contribution in [0.1, 0.15) is 24.0 Å². The zero-order valence-electron chi connectivity index (χ0n) is 15.5. The first kappa shape index (κ1) is 20.8. The Morgan fingerprint density at radius 2 is 1.89 bits per heavy atom. The second-order valence-electron chi connectivity index (χ2n) is 6.97. The molecule has 0 radical (unpaired) electrons. The Morgan fingerprint density at radius 1 is 1.21 bits per heavy atom. The van der Waals surface area contributed by atoms with Crippen LogP contribution >= 0.6 is 11.6 Å². The molecular formula is C20H22ClFN2O3S. The lowest BCUT2D eigenvalue weighted by atomic mass is 9.97. The van der Waals surface area contributed by atoms with Gasteiger partial charge in [-0.05, 0) is 43.5 Å². The molecule has 5 nitrogen and oxygen atoms in total. The van der Waals surface area contributed by atoms with E-state index in [1.165, 1.54) is 22.5 Å². The maximum absolute atomic E-state index is 13.8. The van der Waals surface area contributed by atoms with Gasteiger partial charge in [0.1, 0.15) is 5.82 Å². The zero-order valence-corrected chi connectivity index (χ0v) is 17.1. The summed E-state index contributed by atoms with van der Waals surface area (Å²) in [5.41, 5.74) is 1.72. The lowest BCUT2D eigenvalue weighted by molar-refractivity contribution is -0.120. The van der Waals surface area contributed by atoms with Crippen LogP contribution in [-0.4, -0.2) is 31.7 Å². The fraction of sp³-hybridized carbons (Fsp3) is 0.350. The van der Waals surface area contributed by atoms with Crippen LogP contribution in [0.5, 0.6) is 0 Å². The van der Waals surface area contributed by atoms with Crippen LogP contribution in [-0.2, 0) is 20.6 Å². The molecule has 0 aromatic heterocycles. The number of sulfonamides is 1. The third-order valence-electron chi connectivity index (χ3n) is 4.97. The van der Waals surface area contributed by atoms with Crippen molar-refractivity contribution in [3.8, 4) is 0 Å². The van der Waals surface area contributed by atoms with Crippen molar-refractivity contribution >= 4 is 33.2 Å². The molecule has 0 bridgehead atoms. The van der Waals surface area contributed by atoms with Gasteiger partial charge in [0.2, 0.25) is 15.9 Å². The van der Waals surface area contributed by atoms with Crippen molar-refractivity contribution in [1.29, 1.82) is 0 Å². The average molecular weight is 425 g/mol. The van der Waals surface area contributed by atoms with E-state index in [-0.39, 0.29) is 36.2 Å². The monoisotopic (exact) mass is 424 g/mol. The molecule has 2 aromatic rings. The predicted molar refractivity (Wildman–Crippen MR) is 108 cm³/mol. The zero-order chi connectivity index (χ0) is 20.3. The number of anilines is 1. The summed E-state index contributed by atoms with van der Waals surface area (Å²) in [7, 11) is -3.64. The number of nitrogens with zero attached hydrogens (tertiary/aromatic N) is 1. The number of amides is 1. The number of hydrogen-bond acceptors (Lipinski definition) is 3. The number of piperidine rings is 1. The molecule has 1 saturated heterocycles. The Hall–Kier alpha value is -1.96. The van der Waals surface area contributed by atoms with Crippen LogP contribution in [0.4, 0.5) is 10.1 Å². The van der Waals surface area contributed by atoms with Gasteiger partial charge < -0.3 is 5.32 Å². The molecule has 1 aliphatic rings. The summed E-state index contributed by atoms with van der Waals surface area (Å²) >= 11 is 5.98. The third-order valence-corrected chi connectivity index (χ3v) is 7.03. The molecule has 28 heavy (non-hydrogen) atoms. The smallest absolute Gasteiger partial charge is 0.227 e. The highest BCUT2D eigenvalue weighted by molar-refractivity contribution is 7.88. The number of carbonyl (C=O) groups excluding carboxylic acids is 1. The first-order valence-corrected chi connectivity index (χ1v) is 11.0. The Morgan fingerprint density at radius 3 is 2.57 bits per heavy atom. The van der Waals surface area contributed by atoms with Gasteiger partial charge in [-0.1, -0.05) is 35.9 Å². The molecule has 0 atom stereocenters. The minimum atomic E-state index is -3.64. The number of aryl methyl sites for hydroxylation is 1. The Kier molecular flexibility index (Phi) is 6.37. The first-order valence-electron chi connectivity index (χ1n) is 9.04. The number of halogens is 2. The number of rotatable bonds is 5. The van der Waals surface area contributed by atoms with Gasteiger partial charge in [0, 0.05) is 35.3 Å². The van der Waals surface area contributed by atoms with Crippen molar-refractivity contribution in [3.63, 3.8) is 0 Å². The van der Waals surface area contributed by atoms with Gasteiger partial charge in [0.05, 0.1) is 5.75 Å². The Labute approximate surface area is 169 Å². The van der Waals surface area contributed by atoms with Crippen molar-refractivity contribution in [2.45, 2.75) is 25.5 Å². The molecule has 0 unspecified atom stereocenters. The largest absolute Gasteiger partial charge is 0.326 e. The molecule has 0 spiro atoms. The lowest BCUT2D eigenvalue weighted by Crippen LogP contribution is -2.42. The minimum Gasteiger partial charge on any atom is -0.326 e. The first-order chi connectivity index (χ1) is 13.3. The van der Waals surface area contributed by atoms with E-state index >= 15 is 0 Å². The molecule has 0 saturated carbocycles. The predicted octanol–water partition coefficient (Wildman–Crippen LogP) is 3.97. The van der Waals surface area contributed by atoms with Crippen molar-refractivity contribution in [1.82, 2.24) is 4.31 Å². The van der Waals surface area contributed by atoms with Gasteiger partial charge in [-0.25, -0.2) is 17.1 Å². The summed E-state index contributed by atoms with van der Waals surface area (Å²) in [6, 6.07) is 11.1. The second kappa shape index (κ2) is 8.59. The summed E-state index contributed by atoms with van der Waals surface area (Å²) in [4.78, 5) is 12.6. The molecule has 0 aliphatic carbocycles. The van der Waals surface area contributed by atoms with Gasteiger partial charge in [-0.15, -0.1) is 0 Å². The molecular weight excluding hydrogens is 403 g/mol. The summed E-state index contributed by atoms with van der Waals surface area (Å²) in [5, 5.41) is 3.42. The molecule has 8 heteroatoms. The van der Waals surface area contributed by atoms with Gasteiger partial charge in [-0.3, -0.25) is 4.79 Å². The Bertz CT molecular complexity index is 973. The van der Waals surface area contributed by atoms with Gasteiger partial charge in [0.15, 0.2) is 0 Å². The number of hydrogen-bond donors (Lipinski definition) is 1. The molecule has 1 N–H and O–H groups in total. The molecule has 1 amide bonds. The maximum Gasteiger partial charge on any atom is 0.227 e. The molecule has 150 valence electrons. The van der Waals surface area contributed by atoms with Crippen LogP contribution in [0.2, 0.25) is 5.02 Å². The third kappa shape index (κ3) is 4.90. The van der Waals surface area contributed by atoms with E-state index in [1.54, 1.807) is 18.2 Å². The number of benzene rings is 2. The topological polar surface area (TPSA) is 66.5 Å². The SMILES string of the molecule is Cc1ccc(Cl)cc1NC(=O)C1CCN(S(=O)(=O)Cc2ccccc2F)CC1. The minimum absolute atomic E-state index is 0.142. The van der Waals surface area contributed by atoms with E-state index in [2.05, 4.69) is 5.32 Å². The Balaban J connectivity index is 1.60. The van der Waals surface area contributed by atoms with Gasteiger partial charge in [-0.2, -0.15) is 0 Å². The number of nitrogens with one attached hydrogen (secondary N) is 1. The standard InChI is InChI=1S/C20H22ClFN2O3S/c1-14-6-7-17(21)12-19(14)23-20(25)15-8-10-24(11-9-15)28(26,27)13-16-4-2-3-5-18(16)22/h2-7,12,15H,8-11,13H2,1H3,(H,23,25). The van der Waals surface area contributed by atoms with Crippen molar-refractivity contribution in [2.75, 3.05) is 18.4 Å². The van der Waals surface area contributed by atoms with E-state index in [0.29, 0.717) is 23.6 Å². The van der Waals surface area contributed by atoms with E-state index in [0.717, 1.165) is 5.56 Å². The quantitative estimate of drug-likeness (QED) is 0.789. The summed E-state index contributed by atoms with van der Waals surface area (Å²) in [6.45, 7) is 2.36. The molecule has 1 heterocycles. The van der Waals surface area contributed by atoms with E-state index < -0.39 is 15.8 Å². The summed E-state index contributed by atoms with van der Waals surface area (Å²) in [6.07, 6.45) is 0.837. The molecule has 1 fully saturated rings. The number of carbonyl (C=O) groups is 1. The van der Waals surface area contributed by atoms with E-state index in [9.17, 15) is 17.6 Å². The lowest BCUT2D eigenvalue weighted by Gasteiger charge is -2.30. The van der Waals surface area contributed by atoms with Crippen LogP contribution in [0.15, 0.2) is 42.5 Å². The second-order valence-corrected chi connectivity index (χ2v) is 9.37. The summed E-state index contributed by atoms with van der Waals surface area (Å²) < 4.78 is 40.3. The fourth-order valence-corrected chi connectivity index (χ4v) is 5.01. The van der Waals surface area contributed by atoms with Crippen molar-refractivity contribution < 1.29 is 17.6 Å². The molecule has 2 aromatic carbocycles. The van der Waals surface area contributed by atoms with Gasteiger partial charge >= 0.3 is 0 Å². The highest BCUT2D eigenvalue weighted by Crippen LogP contribution is 2.25. The average Bonchev–Trinajstić information content (AvgIpc) is 2.66. The normalized spacial score (nSPS) is 16.1. The summed E-state index contributed by atoms with van der Waals surface area (Å²) in [5.74, 6) is -1.33. The van der Waals surface area contributed by atoms with Crippen molar-refractivity contribution in [3.05, 3.63) is 64.4 Å². The molecule has 1 aliphatic heterocycles. The maximum atomic E-state index is 13.8. The van der Waals surface area contributed by atoms with Crippen LogP contribution in [0.3, 0.4) is 0 Å². The highest BCUT2D eigenvalue weighted by atomic mass is 35.5. The van der Waals surface area contributed by atoms with Crippen LogP contribution in [0.25, 0.3) is 0 Å². The van der Waals surface area contributed by atoms with Crippen molar-refractivity contribution in [2.24, 2.45) is 5.92 Å². The van der Waals surface area contributed by atoms with E-state index in [4.69, 9.17) is 11.6 Å². The van der Waals surface area contributed by atoms with E-state index in [1.807, 2.05) is 13.0 Å². The van der Waals surface area contributed by atoms with Crippen LogP contribution < -0.4 is 5.32 Å². The van der Waals surface area contributed by atoms with Crippen LogP contribution in [0, 0.1) is 18.7 Å².